The maximum absolute atomic E-state index is 14.5. The molecule has 1 aromatic carbocycles. The van der Waals surface area contributed by atoms with E-state index in [2.05, 4.69) is 20.5 Å². The fraction of sp³-hybridized carbons (Fsp3) is 0.200. The van der Waals surface area contributed by atoms with Gasteiger partial charge in [-0.1, -0.05) is 17.4 Å². The summed E-state index contributed by atoms with van der Waals surface area (Å²) in [6.07, 6.45) is -1.08. The molecule has 0 radical (unpaired) electrons. The van der Waals surface area contributed by atoms with Crippen molar-refractivity contribution in [2.24, 2.45) is 0 Å². The molecule has 12 heteroatoms. The fourth-order valence-corrected chi connectivity index (χ4v) is 4.16. The van der Waals surface area contributed by atoms with Gasteiger partial charge in [-0.05, 0) is 40.8 Å². The van der Waals surface area contributed by atoms with Crippen LogP contribution < -0.4 is 4.74 Å². The van der Waals surface area contributed by atoms with Crippen LogP contribution in [0.15, 0.2) is 55.0 Å². The number of rotatable bonds is 7. The van der Waals surface area contributed by atoms with Crippen molar-refractivity contribution < 1.29 is 27.4 Å². The first-order chi connectivity index (χ1) is 15.3. The van der Waals surface area contributed by atoms with Gasteiger partial charge in [-0.2, -0.15) is 0 Å². The van der Waals surface area contributed by atoms with Gasteiger partial charge in [0.05, 0.1) is 12.8 Å². The predicted molar refractivity (Wildman–Crippen MR) is 106 cm³/mol. The summed E-state index contributed by atoms with van der Waals surface area (Å²) < 4.78 is 62.6. The van der Waals surface area contributed by atoms with E-state index in [0.717, 1.165) is 28.0 Å². The van der Waals surface area contributed by atoms with Gasteiger partial charge in [-0.3, -0.25) is 4.98 Å². The lowest BCUT2D eigenvalue weighted by molar-refractivity contribution is -0.131. The Morgan fingerprint density at radius 2 is 1.94 bits per heavy atom. The topological polar surface area (TPSA) is 86.0 Å². The average Bonchev–Trinajstić information content (AvgIpc) is 3.46. The first kappa shape index (κ1) is 21.8. The van der Waals surface area contributed by atoms with E-state index in [4.69, 9.17) is 4.74 Å². The summed E-state index contributed by atoms with van der Waals surface area (Å²) in [7, 11) is 1.54. The molecule has 4 aromatic rings. The number of aromatic nitrogens is 5. The third kappa shape index (κ3) is 3.82. The van der Waals surface area contributed by atoms with Crippen molar-refractivity contribution in [3.8, 4) is 15.5 Å². The molecule has 0 aliphatic heterocycles. The first-order valence-corrected chi connectivity index (χ1v) is 9.95. The zero-order valence-corrected chi connectivity index (χ0v) is 17.2. The zero-order chi connectivity index (χ0) is 22.9. The smallest absolute Gasteiger partial charge is 0.273 e. The number of nitrogens with zero attached hydrogens (tertiary/aromatic N) is 5. The van der Waals surface area contributed by atoms with Crippen molar-refractivity contribution >= 4 is 11.3 Å². The van der Waals surface area contributed by atoms with E-state index in [1.807, 2.05) is 6.07 Å². The monoisotopic (exact) mass is 465 g/mol. The Morgan fingerprint density at radius 1 is 1.12 bits per heavy atom. The second-order valence-corrected chi connectivity index (χ2v) is 7.78. The molecule has 0 aliphatic carbocycles. The summed E-state index contributed by atoms with van der Waals surface area (Å²) in [5.41, 5.74) is -3.36. The Labute approximate surface area is 182 Å². The van der Waals surface area contributed by atoms with Gasteiger partial charge >= 0.3 is 0 Å². The van der Waals surface area contributed by atoms with Crippen LogP contribution >= 0.6 is 11.3 Å². The minimum absolute atomic E-state index is 0.0592. The SMILES string of the molecule is COc1ccc(-c2ccc(C(n3cnnn3)C(O)(c3ccc(F)cc3F)C(F)F)nc2)s1. The van der Waals surface area contributed by atoms with Crippen molar-refractivity contribution in [1.29, 1.82) is 0 Å². The molecular weight excluding hydrogens is 450 g/mol. The standard InChI is InChI=1S/C20H15F4N5O2S/c1-31-17-7-6-16(32-17)11-2-5-15(25-9-11)18(29-10-26-27-28-29)20(30,19(23)24)13-4-3-12(21)8-14(13)22/h2-10,18-19,30H,1H3. The maximum atomic E-state index is 14.5. The van der Waals surface area contributed by atoms with Crippen LogP contribution in [0.25, 0.3) is 10.4 Å². The Morgan fingerprint density at radius 3 is 2.50 bits per heavy atom. The highest BCUT2D eigenvalue weighted by atomic mass is 32.1. The number of halogens is 4. The van der Waals surface area contributed by atoms with E-state index in [1.54, 1.807) is 12.1 Å². The number of alkyl halides is 2. The van der Waals surface area contributed by atoms with Gasteiger partial charge in [-0.25, -0.2) is 22.2 Å². The lowest BCUT2D eigenvalue weighted by atomic mass is 9.84. The van der Waals surface area contributed by atoms with Gasteiger partial charge in [0, 0.05) is 28.3 Å². The van der Waals surface area contributed by atoms with Crippen LogP contribution in [0.3, 0.4) is 0 Å². The van der Waals surface area contributed by atoms with Crippen LogP contribution in [0.4, 0.5) is 17.6 Å². The summed E-state index contributed by atoms with van der Waals surface area (Å²) in [5, 5.41) is 22.3. The molecule has 2 unspecified atom stereocenters. The first-order valence-electron chi connectivity index (χ1n) is 9.13. The van der Waals surface area contributed by atoms with E-state index < -0.39 is 35.3 Å². The summed E-state index contributed by atoms with van der Waals surface area (Å²) >= 11 is 1.35. The van der Waals surface area contributed by atoms with Crippen LogP contribution in [0, 0.1) is 11.6 Å². The molecular formula is C20H15F4N5O2S. The molecule has 0 saturated heterocycles. The Hall–Kier alpha value is -3.38. The second kappa shape index (κ2) is 8.63. The van der Waals surface area contributed by atoms with Gasteiger partial charge in [0.15, 0.2) is 10.7 Å². The number of aliphatic hydroxyl groups is 1. The summed E-state index contributed by atoms with van der Waals surface area (Å²) in [6, 6.07) is 6.83. The molecule has 1 N–H and O–H groups in total. The van der Waals surface area contributed by atoms with Crippen LogP contribution in [0.5, 0.6) is 5.06 Å². The van der Waals surface area contributed by atoms with Crippen LogP contribution in [0.1, 0.15) is 17.3 Å². The van der Waals surface area contributed by atoms with Crippen molar-refractivity contribution in [1.82, 2.24) is 25.2 Å². The number of hydrogen-bond acceptors (Lipinski definition) is 7. The molecule has 7 nitrogen and oxygen atoms in total. The van der Waals surface area contributed by atoms with Gasteiger partial charge in [0.2, 0.25) is 0 Å². The summed E-state index contributed by atoms with van der Waals surface area (Å²) in [4.78, 5) is 5.04. The zero-order valence-electron chi connectivity index (χ0n) is 16.4. The molecule has 0 spiro atoms. The molecule has 0 fully saturated rings. The Balaban J connectivity index is 1.83. The van der Waals surface area contributed by atoms with Crippen molar-refractivity contribution in [2.75, 3.05) is 7.11 Å². The summed E-state index contributed by atoms with van der Waals surface area (Å²) in [5.74, 6) is -2.32. The van der Waals surface area contributed by atoms with E-state index >= 15 is 0 Å². The summed E-state index contributed by atoms with van der Waals surface area (Å²) in [6.45, 7) is 0. The molecule has 0 bridgehead atoms. The maximum Gasteiger partial charge on any atom is 0.273 e. The number of pyridine rings is 1. The largest absolute Gasteiger partial charge is 0.487 e. The fourth-order valence-electron chi connectivity index (χ4n) is 3.35. The van der Waals surface area contributed by atoms with Gasteiger partial charge in [0.1, 0.15) is 24.0 Å². The van der Waals surface area contributed by atoms with E-state index in [9.17, 15) is 22.7 Å². The molecule has 32 heavy (non-hydrogen) atoms. The van der Waals surface area contributed by atoms with Crippen LogP contribution in [-0.4, -0.2) is 43.8 Å². The van der Waals surface area contributed by atoms with Gasteiger partial charge in [-0.15, -0.1) is 5.10 Å². The quantitative estimate of drug-likeness (QED) is 0.418. The lowest BCUT2D eigenvalue weighted by Gasteiger charge is -2.35. The van der Waals surface area contributed by atoms with Gasteiger partial charge in [0.25, 0.3) is 6.43 Å². The van der Waals surface area contributed by atoms with E-state index in [0.29, 0.717) is 16.7 Å². The Kier molecular flexibility index (Phi) is 5.89. The normalized spacial score (nSPS) is 14.3. The Bertz CT molecular complexity index is 1200. The van der Waals surface area contributed by atoms with Gasteiger partial charge < -0.3 is 9.84 Å². The van der Waals surface area contributed by atoms with Crippen LogP contribution in [-0.2, 0) is 5.60 Å². The molecule has 4 rings (SSSR count). The number of tetrazole rings is 1. The third-order valence-electron chi connectivity index (χ3n) is 4.88. The lowest BCUT2D eigenvalue weighted by Crippen LogP contribution is -2.45. The number of methoxy groups -OCH3 is 1. The molecule has 166 valence electrons. The second-order valence-electron chi connectivity index (χ2n) is 6.74. The average molecular weight is 465 g/mol. The highest BCUT2D eigenvalue weighted by Crippen LogP contribution is 2.43. The van der Waals surface area contributed by atoms with Crippen LogP contribution in [0.2, 0.25) is 0 Å². The minimum atomic E-state index is -3.50. The van der Waals surface area contributed by atoms with E-state index in [-0.39, 0.29) is 5.69 Å². The predicted octanol–water partition coefficient (Wildman–Crippen LogP) is 3.83. The number of benzene rings is 1. The highest BCUT2D eigenvalue weighted by Gasteiger charge is 2.51. The third-order valence-corrected chi connectivity index (χ3v) is 5.97. The molecule has 0 aliphatic rings. The van der Waals surface area contributed by atoms with Crippen molar-refractivity contribution in [3.05, 3.63) is 77.9 Å². The number of thiophene rings is 1. The van der Waals surface area contributed by atoms with Crippen molar-refractivity contribution in [2.45, 2.75) is 18.1 Å². The molecule has 2 atom stereocenters. The molecule has 0 saturated carbocycles. The molecule has 3 heterocycles. The molecule has 0 amide bonds. The highest BCUT2D eigenvalue weighted by molar-refractivity contribution is 7.17. The number of hydrogen-bond donors (Lipinski definition) is 1. The molecule has 3 aromatic heterocycles. The van der Waals surface area contributed by atoms with E-state index in [1.165, 1.54) is 30.7 Å². The van der Waals surface area contributed by atoms with Crippen molar-refractivity contribution in [3.63, 3.8) is 0 Å². The number of ether oxygens (including phenoxy) is 1. The minimum Gasteiger partial charge on any atom is -0.487 e.